The topological polar surface area (TPSA) is 55.5 Å². The van der Waals surface area contributed by atoms with Gasteiger partial charge in [-0.3, -0.25) is 4.98 Å². The molecule has 2 fully saturated rings. The minimum absolute atomic E-state index is 0.460. The summed E-state index contributed by atoms with van der Waals surface area (Å²) in [5.74, 6) is 0.962. The van der Waals surface area contributed by atoms with E-state index in [9.17, 15) is 0 Å². The van der Waals surface area contributed by atoms with E-state index in [1.54, 1.807) is 0 Å². The maximum Gasteiger partial charge on any atom is 0.177 e. The van der Waals surface area contributed by atoms with Crippen LogP contribution in [0.3, 0.4) is 0 Å². The molecule has 2 aliphatic rings. The highest BCUT2D eigenvalue weighted by molar-refractivity contribution is 9.10. The summed E-state index contributed by atoms with van der Waals surface area (Å²) in [6.45, 7) is 3.27. The number of para-hydroxylation sites is 1. The Morgan fingerprint density at radius 3 is 2.60 bits per heavy atom. The monoisotopic (exact) mass is 463 g/mol. The van der Waals surface area contributed by atoms with Gasteiger partial charge in [0.15, 0.2) is 5.65 Å². The van der Waals surface area contributed by atoms with Crippen LogP contribution in [0.1, 0.15) is 36.1 Å². The molecule has 1 aliphatic carbocycles. The zero-order valence-corrected chi connectivity index (χ0v) is 18.1. The van der Waals surface area contributed by atoms with Gasteiger partial charge >= 0.3 is 0 Å². The van der Waals surface area contributed by atoms with Crippen LogP contribution in [0.25, 0.3) is 16.6 Å². The molecule has 6 rings (SSSR count). The molecule has 0 N–H and O–H groups in total. The van der Waals surface area contributed by atoms with Crippen LogP contribution in [0.2, 0.25) is 0 Å². The van der Waals surface area contributed by atoms with Gasteiger partial charge in [-0.2, -0.15) is 5.10 Å². The number of pyridine rings is 1. The number of fused-ring (bicyclic) bond motifs is 2. The third-order valence-electron chi connectivity index (χ3n) is 6.34. The van der Waals surface area contributed by atoms with Gasteiger partial charge < -0.3 is 9.64 Å². The van der Waals surface area contributed by atoms with Gasteiger partial charge in [0.25, 0.3) is 0 Å². The van der Waals surface area contributed by atoms with E-state index in [0.717, 1.165) is 66.3 Å². The van der Waals surface area contributed by atoms with Gasteiger partial charge in [-0.25, -0.2) is 9.50 Å². The van der Waals surface area contributed by atoms with E-state index in [0.29, 0.717) is 11.8 Å². The van der Waals surface area contributed by atoms with Gasteiger partial charge in [-0.1, -0.05) is 24.3 Å². The summed E-state index contributed by atoms with van der Waals surface area (Å²) in [5.41, 5.74) is 5.46. The third kappa shape index (κ3) is 3.17. The fourth-order valence-electron chi connectivity index (χ4n) is 4.59. The number of hydrogen-bond donors (Lipinski definition) is 0. The lowest BCUT2D eigenvalue weighted by atomic mass is 9.71. The molecule has 1 saturated carbocycles. The van der Waals surface area contributed by atoms with Crippen LogP contribution < -0.4 is 4.90 Å². The Balaban J connectivity index is 1.26. The van der Waals surface area contributed by atoms with Gasteiger partial charge in [-0.15, -0.1) is 0 Å². The molecular weight excluding hydrogens is 442 g/mol. The number of rotatable bonds is 3. The lowest BCUT2D eigenvalue weighted by Gasteiger charge is -2.33. The smallest absolute Gasteiger partial charge is 0.177 e. The molecule has 1 aliphatic heterocycles. The van der Waals surface area contributed by atoms with E-state index in [4.69, 9.17) is 14.7 Å². The summed E-state index contributed by atoms with van der Waals surface area (Å²) >= 11 is 3.56. The van der Waals surface area contributed by atoms with E-state index in [-0.39, 0.29) is 0 Å². The van der Waals surface area contributed by atoms with Gasteiger partial charge in [0.2, 0.25) is 0 Å². The van der Waals surface area contributed by atoms with E-state index in [1.807, 2.05) is 4.52 Å². The van der Waals surface area contributed by atoms with E-state index in [2.05, 4.69) is 74.6 Å². The second kappa shape index (κ2) is 7.32. The van der Waals surface area contributed by atoms with Crippen molar-refractivity contribution in [1.82, 2.24) is 19.6 Å². The Hall–Kier alpha value is -2.51. The molecule has 1 saturated heterocycles. The molecule has 7 heteroatoms. The van der Waals surface area contributed by atoms with Crippen molar-refractivity contribution in [2.24, 2.45) is 0 Å². The summed E-state index contributed by atoms with van der Waals surface area (Å²) in [4.78, 5) is 12.2. The quantitative estimate of drug-likeness (QED) is 0.446. The predicted octanol–water partition coefficient (Wildman–Crippen LogP) is 4.54. The van der Waals surface area contributed by atoms with Crippen molar-refractivity contribution in [2.45, 2.75) is 24.7 Å². The van der Waals surface area contributed by atoms with Gasteiger partial charge in [0, 0.05) is 36.0 Å². The van der Waals surface area contributed by atoms with Gasteiger partial charge in [-0.05, 0) is 47.0 Å². The highest BCUT2D eigenvalue weighted by atomic mass is 79.9. The van der Waals surface area contributed by atoms with E-state index < -0.39 is 0 Å². The van der Waals surface area contributed by atoms with Crippen molar-refractivity contribution in [3.8, 4) is 0 Å². The van der Waals surface area contributed by atoms with Crippen LogP contribution in [0.4, 0.5) is 5.69 Å². The van der Waals surface area contributed by atoms with Crippen LogP contribution in [-0.2, 0) is 4.74 Å². The molecule has 30 heavy (non-hydrogen) atoms. The first kappa shape index (κ1) is 18.3. The highest BCUT2D eigenvalue weighted by Crippen LogP contribution is 2.47. The van der Waals surface area contributed by atoms with Crippen molar-refractivity contribution in [1.29, 1.82) is 0 Å². The first-order valence-corrected chi connectivity index (χ1v) is 11.3. The second-order valence-corrected chi connectivity index (χ2v) is 8.99. The molecule has 0 spiro atoms. The molecule has 0 radical (unpaired) electrons. The van der Waals surface area contributed by atoms with Crippen molar-refractivity contribution in [2.75, 3.05) is 31.2 Å². The molecule has 0 atom stereocenters. The van der Waals surface area contributed by atoms with Crippen molar-refractivity contribution < 1.29 is 4.74 Å². The fraction of sp³-hybridized carbons (Fsp3) is 0.348. The van der Waals surface area contributed by atoms with E-state index >= 15 is 0 Å². The summed E-state index contributed by atoms with van der Waals surface area (Å²) < 4.78 is 8.26. The highest BCUT2D eigenvalue weighted by Gasteiger charge is 2.34. The summed E-state index contributed by atoms with van der Waals surface area (Å²) in [6.07, 6.45) is 4.27. The number of hydrogen-bond acceptors (Lipinski definition) is 5. The molecule has 0 bridgehead atoms. The first-order chi connectivity index (χ1) is 14.7. The minimum Gasteiger partial charge on any atom is -0.378 e. The molecule has 0 unspecified atom stereocenters. The Morgan fingerprint density at radius 2 is 1.73 bits per heavy atom. The number of anilines is 1. The van der Waals surface area contributed by atoms with Crippen molar-refractivity contribution in [3.05, 3.63) is 64.7 Å². The lowest BCUT2D eigenvalue weighted by Crippen LogP contribution is -2.36. The normalized spacial score (nSPS) is 21.8. The number of nitrogens with zero attached hydrogens (tertiary/aromatic N) is 5. The number of imidazole rings is 1. The van der Waals surface area contributed by atoms with Crippen molar-refractivity contribution in [3.63, 3.8) is 0 Å². The largest absolute Gasteiger partial charge is 0.378 e. The molecule has 152 valence electrons. The summed E-state index contributed by atoms with van der Waals surface area (Å²) in [6, 6.07) is 14.8. The molecular formula is C23H22BrN5O. The Kier molecular flexibility index (Phi) is 4.46. The Morgan fingerprint density at radius 1 is 0.933 bits per heavy atom. The second-order valence-electron chi connectivity index (χ2n) is 8.18. The molecule has 6 nitrogen and oxygen atoms in total. The van der Waals surface area contributed by atoms with Gasteiger partial charge in [0.1, 0.15) is 4.60 Å². The zero-order valence-electron chi connectivity index (χ0n) is 16.5. The molecule has 3 aromatic heterocycles. The fourth-order valence-corrected chi connectivity index (χ4v) is 4.98. The summed E-state index contributed by atoms with van der Waals surface area (Å²) in [5, 5.41) is 5.80. The summed E-state index contributed by atoms with van der Waals surface area (Å²) in [7, 11) is 0. The zero-order chi connectivity index (χ0) is 20.1. The van der Waals surface area contributed by atoms with Crippen molar-refractivity contribution >= 4 is 38.2 Å². The maximum absolute atomic E-state index is 5.51. The molecule has 4 aromatic rings. The molecule has 0 amide bonds. The number of morpholine rings is 1. The average molecular weight is 464 g/mol. The first-order valence-electron chi connectivity index (χ1n) is 10.5. The van der Waals surface area contributed by atoms with Crippen LogP contribution >= 0.6 is 15.9 Å². The number of ether oxygens (including phenoxy) is 1. The number of aromatic nitrogens is 4. The predicted molar refractivity (Wildman–Crippen MR) is 120 cm³/mol. The van der Waals surface area contributed by atoms with Gasteiger partial charge in [0.05, 0.1) is 36.3 Å². The van der Waals surface area contributed by atoms with Crippen LogP contribution in [0.5, 0.6) is 0 Å². The van der Waals surface area contributed by atoms with E-state index in [1.165, 1.54) is 11.1 Å². The SMILES string of the molecule is Brc1cc(N2CCOCC2)c2nc(C3CC(c4ccc5ccccc5n4)C3)cn2n1. The van der Waals surface area contributed by atoms with Crippen LogP contribution in [0.15, 0.2) is 53.3 Å². The van der Waals surface area contributed by atoms with Crippen LogP contribution in [-0.4, -0.2) is 45.9 Å². The Labute approximate surface area is 183 Å². The van der Waals surface area contributed by atoms with Crippen LogP contribution in [0, 0.1) is 0 Å². The maximum atomic E-state index is 5.51. The molecule has 1 aromatic carbocycles. The number of benzene rings is 1. The lowest BCUT2D eigenvalue weighted by molar-refractivity contribution is 0.123. The average Bonchev–Trinajstić information content (AvgIpc) is 3.16. The standard InChI is InChI=1S/C23H22BrN5O/c24-22-13-21(28-7-9-30-10-8-28)23-26-20(14-29(23)27-22)17-11-16(12-17)19-6-5-15-3-1-2-4-18(15)25-19/h1-6,13-14,16-17H,7-12H2. The third-order valence-corrected chi connectivity index (χ3v) is 6.73. The minimum atomic E-state index is 0.460. The number of halogens is 1. The molecule has 4 heterocycles. The Bertz CT molecular complexity index is 1230.